The molecule has 0 aliphatic rings. The molecule has 0 atom stereocenters. The summed E-state index contributed by atoms with van der Waals surface area (Å²) in [6, 6.07) is 20.3. The summed E-state index contributed by atoms with van der Waals surface area (Å²) in [5.74, 6) is 0.851. The van der Waals surface area contributed by atoms with Crippen LogP contribution >= 0.6 is 0 Å². The molecule has 0 unspecified atom stereocenters. The summed E-state index contributed by atoms with van der Waals surface area (Å²) in [7, 11) is -2.11. The van der Waals surface area contributed by atoms with E-state index in [2.05, 4.69) is 5.32 Å². The van der Waals surface area contributed by atoms with Crippen molar-refractivity contribution in [3.05, 3.63) is 78.4 Å². The molecule has 3 rings (SSSR count). The first-order valence-electron chi connectivity index (χ1n) is 10.1. The molecule has 1 N–H and O–H groups in total. The van der Waals surface area contributed by atoms with Gasteiger partial charge in [0.1, 0.15) is 11.5 Å². The Morgan fingerprint density at radius 2 is 1.50 bits per heavy atom. The average Bonchev–Trinajstić information content (AvgIpc) is 2.79. The fraction of sp³-hybridized carbons (Fsp3) is 0.208. The van der Waals surface area contributed by atoms with Gasteiger partial charge in [0.25, 0.3) is 15.9 Å². The minimum atomic E-state index is -3.68. The molecule has 0 heterocycles. The number of amides is 1. The monoisotopic (exact) mass is 454 g/mol. The van der Waals surface area contributed by atoms with Crippen LogP contribution in [0.5, 0.6) is 11.5 Å². The number of hydrogen-bond acceptors (Lipinski definition) is 5. The molecule has 0 fully saturated rings. The number of aryl methyl sites for hydroxylation is 1. The Balaban J connectivity index is 1.63. The van der Waals surface area contributed by atoms with Crippen molar-refractivity contribution in [2.75, 3.05) is 29.9 Å². The minimum absolute atomic E-state index is 0.176. The maximum atomic E-state index is 13.0. The Hall–Kier alpha value is -3.52. The first-order chi connectivity index (χ1) is 15.3. The van der Waals surface area contributed by atoms with E-state index >= 15 is 0 Å². The predicted molar refractivity (Wildman–Crippen MR) is 125 cm³/mol. The SMILES string of the molecule is CCN(c1ccc(OCC(=O)Nc2ccc(OC)cc2)cc1)S(=O)(=O)c1ccc(C)cc1. The largest absolute Gasteiger partial charge is 0.497 e. The Kier molecular flexibility index (Phi) is 7.37. The molecule has 0 aromatic heterocycles. The number of carbonyl (C=O) groups excluding carboxylic acids is 1. The third-order valence-corrected chi connectivity index (χ3v) is 6.68. The van der Waals surface area contributed by atoms with Crippen LogP contribution in [0.25, 0.3) is 0 Å². The van der Waals surface area contributed by atoms with E-state index in [1.165, 1.54) is 4.31 Å². The molecule has 32 heavy (non-hydrogen) atoms. The fourth-order valence-electron chi connectivity index (χ4n) is 3.06. The van der Waals surface area contributed by atoms with Crippen LogP contribution in [-0.4, -0.2) is 34.6 Å². The molecule has 1 amide bonds. The van der Waals surface area contributed by atoms with Crippen molar-refractivity contribution in [2.45, 2.75) is 18.7 Å². The molecule has 0 saturated heterocycles. The van der Waals surface area contributed by atoms with Gasteiger partial charge in [0, 0.05) is 12.2 Å². The zero-order valence-electron chi connectivity index (χ0n) is 18.2. The maximum absolute atomic E-state index is 13.0. The molecule has 8 heteroatoms. The van der Waals surface area contributed by atoms with Crippen molar-refractivity contribution in [3.8, 4) is 11.5 Å². The van der Waals surface area contributed by atoms with Gasteiger partial charge in [-0.2, -0.15) is 0 Å². The van der Waals surface area contributed by atoms with Gasteiger partial charge in [0.2, 0.25) is 0 Å². The smallest absolute Gasteiger partial charge is 0.264 e. The molecule has 0 bridgehead atoms. The number of methoxy groups -OCH3 is 1. The van der Waals surface area contributed by atoms with E-state index in [1.54, 1.807) is 86.8 Å². The molecule has 3 aromatic carbocycles. The predicted octanol–water partition coefficient (Wildman–Crippen LogP) is 4.24. The first kappa shape index (κ1) is 23.1. The Morgan fingerprint density at radius 3 is 2.06 bits per heavy atom. The second kappa shape index (κ2) is 10.2. The Morgan fingerprint density at radius 1 is 0.906 bits per heavy atom. The highest BCUT2D eigenvalue weighted by Gasteiger charge is 2.23. The van der Waals surface area contributed by atoms with Gasteiger partial charge in [-0.1, -0.05) is 17.7 Å². The molecular weight excluding hydrogens is 428 g/mol. The van der Waals surface area contributed by atoms with Crippen LogP contribution in [-0.2, 0) is 14.8 Å². The summed E-state index contributed by atoms with van der Waals surface area (Å²) in [5, 5.41) is 2.74. The van der Waals surface area contributed by atoms with Gasteiger partial charge in [0.05, 0.1) is 17.7 Å². The third kappa shape index (κ3) is 5.59. The summed E-state index contributed by atoms with van der Waals surface area (Å²) in [6.45, 7) is 3.79. The van der Waals surface area contributed by atoms with Gasteiger partial charge in [-0.05, 0) is 74.5 Å². The van der Waals surface area contributed by atoms with Crippen LogP contribution in [0.1, 0.15) is 12.5 Å². The van der Waals surface area contributed by atoms with Crippen molar-refractivity contribution in [1.82, 2.24) is 0 Å². The molecule has 3 aromatic rings. The van der Waals surface area contributed by atoms with Crippen LogP contribution in [0.3, 0.4) is 0 Å². The van der Waals surface area contributed by atoms with Gasteiger partial charge >= 0.3 is 0 Å². The number of rotatable bonds is 9. The lowest BCUT2D eigenvalue weighted by Crippen LogP contribution is -2.30. The van der Waals surface area contributed by atoms with Crippen LogP contribution < -0.4 is 19.1 Å². The van der Waals surface area contributed by atoms with E-state index in [4.69, 9.17) is 9.47 Å². The normalized spacial score (nSPS) is 11.0. The standard InChI is InChI=1S/C24H26N2O5S/c1-4-26(32(28,29)23-15-5-18(2)6-16-23)20-9-13-22(14-10-20)31-17-24(27)25-19-7-11-21(30-3)12-8-19/h5-16H,4,17H2,1-3H3,(H,25,27). The lowest BCUT2D eigenvalue weighted by Gasteiger charge is -2.23. The van der Waals surface area contributed by atoms with Gasteiger partial charge in [-0.3, -0.25) is 9.10 Å². The van der Waals surface area contributed by atoms with Crippen molar-refractivity contribution in [3.63, 3.8) is 0 Å². The first-order valence-corrected chi connectivity index (χ1v) is 11.5. The molecule has 0 radical (unpaired) electrons. The van der Waals surface area contributed by atoms with Crippen molar-refractivity contribution < 1.29 is 22.7 Å². The second-order valence-corrected chi connectivity index (χ2v) is 8.90. The van der Waals surface area contributed by atoms with E-state index in [1.807, 2.05) is 6.92 Å². The zero-order chi connectivity index (χ0) is 23.1. The highest BCUT2D eigenvalue weighted by molar-refractivity contribution is 7.92. The summed E-state index contributed by atoms with van der Waals surface area (Å²) in [4.78, 5) is 12.4. The van der Waals surface area contributed by atoms with Crippen LogP contribution in [0.15, 0.2) is 77.7 Å². The zero-order valence-corrected chi connectivity index (χ0v) is 19.1. The van der Waals surface area contributed by atoms with Gasteiger partial charge in [-0.25, -0.2) is 8.42 Å². The van der Waals surface area contributed by atoms with E-state index in [9.17, 15) is 13.2 Å². The third-order valence-electron chi connectivity index (χ3n) is 4.76. The number of nitrogens with zero attached hydrogens (tertiary/aromatic N) is 1. The molecular formula is C24H26N2O5S. The number of ether oxygens (including phenoxy) is 2. The number of hydrogen-bond donors (Lipinski definition) is 1. The Bertz CT molecular complexity index is 1140. The van der Waals surface area contributed by atoms with E-state index < -0.39 is 10.0 Å². The van der Waals surface area contributed by atoms with Crippen molar-refractivity contribution >= 4 is 27.3 Å². The van der Waals surface area contributed by atoms with Crippen LogP contribution in [0.4, 0.5) is 11.4 Å². The van der Waals surface area contributed by atoms with Crippen molar-refractivity contribution in [2.24, 2.45) is 0 Å². The Labute approximate surface area is 188 Å². The molecule has 168 valence electrons. The fourth-order valence-corrected chi connectivity index (χ4v) is 4.53. The lowest BCUT2D eigenvalue weighted by atomic mass is 10.2. The quantitative estimate of drug-likeness (QED) is 0.523. The highest BCUT2D eigenvalue weighted by Crippen LogP contribution is 2.26. The number of sulfonamides is 1. The second-order valence-electron chi connectivity index (χ2n) is 7.04. The maximum Gasteiger partial charge on any atom is 0.264 e. The lowest BCUT2D eigenvalue weighted by molar-refractivity contribution is -0.118. The van der Waals surface area contributed by atoms with E-state index in [0.717, 1.165) is 5.56 Å². The van der Waals surface area contributed by atoms with Gasteiger partial charge < -0.3 is 14.8 Å². The van der Waals surface area contributed by atoms with E-state index in [0.29, 0.717) is 22.9 Å². The van der Waals surface area contributed by atoms with Crippen molar-refractivity contribution in [1.29, 1.82) is 0 Å². The van der Waals surface area contributed by atoms with Gasteiger partial charge in [0.15, 0.2) is 6.61 Å². The number of carbonyl (C=O) groups is 1. The van der Waals surface area contributed by atoms with Crippen LogP contribution in [0, 0.1) is 6.92 Å². The summed E-state index contributed by atoms with van der Waals surface area (Å²) in [6.07, 6.45) is 0. The number of nitrogens with one attached hydrogen (secondary N) is 1. The van der Waals surface area contributed by atoms with E-state index in [-0.39, 0.29) is 24.0 Å². The number of benzene rings is 3. The summed E-state index contributed by atoms with van der Waals surface area (Å²) in [5.41, 5.74) is 2.14. The topological polar surface area (TPSA) is 84.9 Å². The molecule has 0 aliphatic heterocycles. The minimum Gasteiger partial charge on any atom is -0.497 e. The number of anilines is 2. The highest BCUT2D eigenvalue weighted by atomic mass is 32.2. The summed E-state index contributed by atoms with van der Waals surface area (Å²) < 4.78 is 38.0. The molecule has 0 aliphatic carbocycles. The summed E-state index contributed by atoms with van der Waals surface area (Å²) >= 11 is 0. The average molecular weight is 455 g/mol. The molecule has 7 nitrogen and oxygen atoms in total. The molecule has 0 spiro atoms. The molecule has 0 saturated carbocycles. The van der Waals surface area contributed by atoms with Gasteiger partial charge in [-0.15, -0.1) is 0 Å². The van der Waals surface area contributed by atoms with Crippen LogP contribution in [0.2, 0.25) is 0 Å².